The van der Waals surface area contributed by atoms with E-state index in [-0.39, 0.29) is 10.6 Å². The van der Waals surface area contributed by atoms with Gasteiger partial charge in [-0.3, -0.25) is 4.79 Å². The predicted octanol–water partition coefficient (Wildman–Crippen LogP) is 4.32. The van der Waals surface area contributed by atoms with Crippen LogP contribution < -0.4 is 0 Å². The largest absolute Gasteiger partial charge is 0.417 e. The molecule has 0 N–H and O–H groups in total. The number of rotatable bonds is 2. The molecule has 0 aliphatic heterocycles. The minimum absolute atomic E-state index is 0.0499. The van der Waals surface area contributed by atoms with Crippen molar-refractivity contribution >= 4 is 33.3 Å². The Morgan fingerprint density at radius 2 is 2.00 bits per heavy atom. The quantitative estimate of drug-likeness (QED) is 0.586. The molecule has 1 rings (SSSR count). The standard InChI is InChI=1S/C10H7BrClF3O/c1-5(11)9(16)7-3-2-6(12)4-8(7)10(13,14)15/h2-5H,1H3. The molecular formula is C10H7BrClF3O. The highest BCUT2D eigenvalue weighted by Crippen LogP contribution is 2.34. The van der Waals surface area contributed by atoms with Gasteiger partial charge in [-0.1, -0.05) is 27.5 Å². The topological polar surface area (TPSA) is 17.1 Å². The Morgan fingerprint density at radius 3 is 2.44 bits per heavy atom. The molecule has 0 fully saturated rings. The van der Waals surface area contributed by atoms with E-state index in [1.165, 1.54) is 13.0 Å². The SMILES string of the molecule is CC(Br)C(=O)c1ccc(Cl)cc1C(F)(F)F. The van der Waals surface area contributed by atoms with E-state index in [9.17, 15) is 18.0 Å². The first-order valence-corrected chi connectivity index (χ1v) is 5.58. The summed E-state index contributed by atoms with van der Waals surface area (Å²) in [6, 6.07) is 3.11. The van der Waals surface area contributed by atoms with Gasteiger partial charge in [0, 0.05) is 10.6 Å². The number of ketones is 1. The van der Waals surface area contributed by atoms with Crippen LogP contribution in [0.1, 0.15) is 22.8 Å². The molecule has 6 heteroatoms. The lowest BCUT2D eigenvalue weighted by atomic mass is 10.0. The molecular weight excluding hydrogens is 308 g/mol. The molecule has 1 atom stereocenters. The van der Waals surface area contributed by atoms with Crippen LogP contribution >= 0.6 is 27.5 Å². The van der Waals surface area contributed by atoms with E-state index in [1.807, 2.05) is 0 Å². The van der Waals surface area contributed by atoms with Crippen LogP contribution in [0.4, 0.5) is 13.2 Å². The summed E-state index contributed by atoms with van der Waals surface area (Å²) in [5.41, 5.74) is -1.38. The highest BCUT2D eigenvalue weighted by atomic mass is 79.9. The Labute approximate surface area is 104 Å². The second kappa shape index (κ2) is 4.75. The number of carbonyl (C=O) groups is 1. The van der Waals surface area contributed by atoms with E-state index in [1.54, 1.807) is 0 Å². The average Bonchev–Trinajstić information content (AvgIpc) is 2.15. The molecule has 0 heterocycles. The van der Waals surface area contributed by atoms with Gasteiger partial charge < -0.3 is 0 Å². The maximum atomic E-state index is 12.6. The highest BCUT2D eigenvalue weighted by Gasteiger charge is 2.35. The van der Waals surface area contributed by atoms with Crippen molar-refractivity contribution in [2.45, 2.75) is 17.9 Å². The summed E-state index contributed by atoms with van der Waals surface area (Å²) in [7, 11) is 0. The molecule has 0 aliphatic rings. The zero-order valence-electron chi connectivity index (χ0n) is 8.11. The summed E-state index contributed by atoms with van der Waals surface area (Å²) in [4.78, 5) is 10.9. The fourth-order valence-electron chi connectivity index (χ4n) is 1.18. The Morgan fingerprint density at radius 1 is 1.44 bits per heavy atom. The highest BCUT2D eigenvalue weighted by molar-refractivity contribution is 9.10. The summed E-state index contributed by atoms with van der Waals surface area (Å²) in [5, 5.41) is -0.0499. The Hall–Kier alpha value is -0.550. The van der Waals surface area contributed by atoms with Crippen molar-refractivity contribution in [1.82, 2.24) is 0 Å². The van der Waals surface area contributed by atoms with Crippen LogP contribution in [0.5, 0.6) is 0 Å². The van der Waals surface area contributed by atoms with Crippen molar-refractivity contribution in [2.75, 3.05) is 0 Å². The molecule has 0 bridgehead atoms. The fraction of sp³-hybridized carbons (Fsp3) is 0.300. The van der Waals surface area contributed by atoms with Crippen molar-refractivity contribution < 1.29 is 18.0 Å². The van der Waals surface area contributed by atoms with E-state index < -0.39 is 22.4 Å². The van der Waals surface area contributed by atoms with Crippen molar-refractivity contribution in [3.05, 3.63) is 34.3 Å². The summed E-state index contributed by atoms with van der Waals surface area (Å²) in [5.74, 6) is -0.621. The maximum absolute atomic E-state index is 12.6. The zero-order valence-corrected chi connectivity index (χ0v) is 10.4. The lowest BCUT2D eigenvalue weighted by Gasteiger charge is -2.13. The number of alkyl halides is 4. The van der Waals surface area contributed by atoms with Crippen LogP contribution in [0.3, 0.4) is 0 Å². The molecule has 0 saturated carbocycles. The Kier molecular flexibility index (Phi) is 4.02. The van der Waals surface area contributed by atoms with Crippen molar-refractivity contribution in [1.29, 1.82) is 0 Å². The van der Waals surface area contributed by atoms with E-state index in [2.05, 4.69) is 15.9 Å². The predicted molar refractivity (Wildman–Crippen MR) is 59.2 cm³/mol. The van der Waals surface area contributed by atoms with E-state index >= 15 is 0 Å². The van der Waals surface area contributed by atoms with Gasteiger partial charge in [-0.25, -0.2) is 0 Å². The van der Waals surface area contributed by atoms with Gasteiger partial charge in [0.2, 0.25) is 0 Å². The van der Waals surface area contributed by atoms with Gasteiger partial charge in [0.05, 0.1) is 10.4 Å². The van der Waals surface area contributed by atoms with Gasteiger partial charge in [0.25, 0.3) is 0 Å². The van der Waals surface area contributed by atoms with Crippen LogP contribution in [-0.4, -0.2) is 10.6 Å². The lowest BCUT2D eigenvalue weighted by molar-refractivity contribution is -0.137. The lowest BCUT2D eigenvalue weighted by Crippen LogP contribution is -2.17. The summed E-state index contributed by atoms with van der Waals surface area (Å²) >= 11 is 8.43. The first-order valence-electron chi connectivity index (χ1n) is 4.28. The first kappa shape index (κ1) is 13.5. The molecule has 0 aliphatic carbocycles. The van der Waals surface area contributed by atoms with Gasteiger partial charge in [0.1, 0.15) is 0 Å². The molecule has 1 aromatic carbocycles. The van der Waals surface area contributed by atoms with E-state index in [0.29, 0.717) is 0 Å². The summed E-state index contributed by atoms with van der Waals surface area (Å²) in [6.45, 7) is 1.47. The number of benzene rings is 1. The monoisotopic (exact) mass is 314 g/mol. The van der Waals surface area contributed by atoms with Crippen LogP contribution in [0, 0.1) is 0 Å². The molecule has 0 saturated heterocycles. The molecule has 0 aromatic heterocycles. The fourth-order valence-corrected chi connectivity index (χ4v) is 1.60. The third kappa shape index (κ3) is 2.98. The van der Waals surface area contributed by atoms with Gasteiger partial charge in [-0.2, -0.15) is 13.2 Å². The first-order chi connectivity index (χ1) is 7.23. The van der Waals surface area contributed by atoms with Crippen LogP contribution in [0.25, 0.3) is 0 Å². The molecule has 88 valence electrons. The molecule has 0 spiro atoms. The normalized spacial score (nSPS) is 13.6. The number of halogens is 5. The number of hydrogen-bond acceptors (Lipinski definition) is 1. The third-order valence-corrected chi connectivity index (χ3v) is 2.56. The van der Waals surface area contributed by atoms with Crippen LogP contribution in [-0.2, 0) is 6.18 Å². The van der Waals surface area contributed by atoms with Crippen LogP contribution in [0.15, 0.2) is 18.2 Å². The molecule has 1 aromatic rings. The molecule has 0 amide bonds. The maximum Gasteiger partial charge on any atom is 0.417 e. The molecule has 1 unspecified atom stereocenters. The molecule has 0 radical (unpaired) electrons. The zero-order chi connectivity index (χ0) is 12.5. The minimum Gasteiger partial charge on any atom is -0.293 e. The number of hydrogen-bond donors (Lipinski definition) is 0. The van der Waals surface area contributed by atoms with Gasteiger partial charge in [-0.15, -0.1) is 0 Å². The van der Waals surface area contributed by atoms with Gasteiger partial charge in [-0.05, 0) is 25.1 Å². The van der Waals surface area contributed by atoms with Crippen LogP contribution in [0.2, 0.25) is 5.02 Å². The van der Waals surface area contributed by atoms with E-state index in [4.69, 9.17) is 11.6 Å². The summed E-state index contributed by atoms with van der Waals surface area (Å²) in [6.07, 6.45) is -4.59. The van der Waals surface area contributed by atoms with Gasteiger partial charge in [0.15, 0.2) is 5.78 Å². The van der Waals surface area contributed by atoms with Crippen molar-refractivity contribution in [3.8, 4) is 0 Å². The van der Waals surface area contributed by atoms with Crippen molar-refractivity contribution in [3.63, 3.8) is 0 Å². The minimum atomic E-state index is -4.59. The molecule has 1 nitrogen and oxygen atoms in total. The number of carbonyl (C=O) groups excluding carboxylic acids is 1. The average molecular weight is 316 g/mol. The summed E-state index contributed by atoms with van der Waals surface area (Å²) < 4.78 is 37.9. The Bertz CT molecular complexity index is 415. The second-order valence-corrected chi connectivity index (χ2v) is 4.98. The molecule has 16 heavy (non-hydrogen) atoms. The number of Topliss-reactive ketones (excluding diaryl/α,β-unsaturated/α-hetero) is 1. The van der Waals surface area contributed by atoms with Gasteiger partial charge >= 0.3 is 6.18 Å². The third-order valence-electron chi connectivity index (χ3n) is 1.91. The van der Waals surface area contributed by atoms with E-state index in [0.717, 1.165) is 12.1 Å². The second-order valence-electron chi connectivity index (χ2n) is 3.17. The Balaban J connectivity index is 3.34. The van der Waals surface area contributed by atoms with Crippen molar-refractivity contribution in [2.24, 2.45) is 0 Å². The smallest absolute Gasteiger partial charge is 0.293 e.